The first-order chi connectivity index (χ1) is 16.9. The van der Waals surface area contributed by atoms with E-state index in [4.69, 9.17) is 10.5 Å². The number of carbonyl (C=O) groups excluding carboxylic acids is 1. The van der Waals surface area contributed by atoms with Crippen molar-refractivity contribution in [2.45, 2.75) is 38.9 Å². The van der Waals surface area contributed by atoms with Crippen molar-refractivity contribution in [3.8, 4) is 17.1 Å². The number of imidazole rings is 1. The highest BCUT2D eigenvalue weighted by Gasteiger charge is 2.47. The van der Waals surface area contributed by atoms with Gasteiger partial charge in [-0.1, -0.05) is 37.3 Å². The van der Waals surface area contributed by atoms with E-state index in [0.717, 1.165) is 22.5 Å². The molecule has 0 radical (unpaired) electrons. The van der Waals surface area contributed by atoms with Crippen molar-refractivity contribution in [2.75, 3.05) is 6.61 Å². The van der Waals surface area contributed by atoms with Crippen LogP contribution in [0, 0.1) is 5.82 Å². The summed E-state index contributed by atoms with van der Waals surface area (Å²) in [6, 6.07) is 9.67. The number of nitrogens with one attached hydrogen (secondary N) is 1. The average molecular weight is 529 g/mol. The Labute approximate surface area is 205 Å². The predicted octanol–water partition coefficient (Wildman–Crippen LogP) is 3.74. The van der Waals surface area contributed by atoms with E-state index in [0.29, 0.717) is 24.7 Å². The van der Waals surface area contributed by atoms with Gasteiger partial charge in [-0.05, 0) is 36.6 Å². The van der Waals surface area contributed by atoms with E-state index < -0.39 is 27.3 Å². The van der Waals surface area contributed by atoms with Gasteiger partial charge in [-0.25, -0.2) is 9.11 Å². The van der Waals surface area contributed by atoms with Gasteiger partial charge in [0.05, 0.1) is 24.5 Å². The lowest BCUT2D eigenvalue weighted by atomic mass is 9.98. The smallest absolute Gasteiger partial charge is 0.465 e. The predicted molar refractivity (Wildman–Crippen MR) is 124 cm³/mol. The zero-order valence-corrected chi connectivity index (χ0v) is 20.2. The zero-order chi connectivity index (χ0) is 26.7. The Kier molecular flexibility index (Phi) is 8.04. The molecule has 13 heteroatoms. The molecule has 0 spiro atoms. The summed E-state index contributed by atoms with van der Waals surface area (Å²) in [6.45, 7) is 4.24. The standard InChI is InChI=1S/C23H24F4N4O4S/c1-3-19-20(12-28)31(22(29-19)35-4-2)13-15-10-9-14(11-18(15)24)16-7-5-6-8-17(16)21(32)30-36(33,34)23(25,26)27/h5-11H,3-4,12-13,28H2,1-2H3,(H,30,32). The third kappa shape index (κ3) is 5.51. The number of sulfonamides is 1. The van der Waals surface area contributed by atoms with Crippen LogP contribution in [-0.2, 0) is 29.5 Å². The maximum Gasteiger partial charge on any atom is 0.516 e. The van der Waals surface area contributed by atoms with Crippen molar-refractivity contribution in [1.82, 2.24) is 14.3 Å². The molecule has 0 bridgehead atoms. The number of benzene rings is 2. The van der Waals surface area contributed by atoms with Crippen molar-refractivity contribution in [3.05, 3.63) is 70.8 Å². The molecule has 3 aromatic rings. The highest BCUT2D eigenvalue weighted by molar-refractivity contribution is 7.90. The summed E-state index contributed by atoms with van der Waals surface area (Å²) < 4.78 is 84.2. The summed E-state index contributed by atoms with van der Waals surface area (Å²) in [5.41, 5.74) is 1.72. The van der Waals surface area contributed by atoms with Gasteiger partial charge in [0.2, 0.25) is 0 Å². The fourth-order valence-electron chi connectivity index (χ4n) is 3.61. The molecule has 3 rings (SSSR count). The molecule has 0 saturated carbocycles. The number of carbonyl (C=O) groups is 1. The first kappa shape index (κ1) is 27.1. The molecule has 0 aliphatic carbocycles. The Morgan fingerprint density at radius 3 is 2.44 bits per heavy atom. The molecular formula is C23H24F4N4O4S. The van der Waals surface area contributed by atoms with Crippen LogP contribution in [0.3, 0.4) is 0 Å². The third-order valence-electron chi connectivity index (χ3n) is 5.32. The largest absolute Gasteiger partial charge is 0.516 e. The lowest BCUT2D eigenvalue weighted by Gasteiger charge is -2.14. The second-order valence-corrected chi connectivity index (χ2v) is 9.27. The van der Waals surface area contributed by atoms with Gasteiger partial charge < -0.3 is 10.5 Å². The maximum atomic E-state index is 15.2. The van der Waals surface area contributed by atoms with Gasteiger partial charge in [-0.3, -0.25) is 9.36 Å². The summed E-state index contributed by atoms with van der Waals surface area (Å²) in [5.74, 6) is -2.16. The molecule has 1 amide bonds. The first-order valence-corrected chi connectivity index (χ1v) is 12.3. The lowest BCUT2D eigenvalue weighted by Crippen LogP contribution is -2.40. The Balaban J connectivity index is 1.97. The third-order valence-corrected chi connectivity index (χ3v) is 6.38. The van der Waals surface area contributed by atoms with E-state index in [1.165, 1.54) is 30.3 Å². The fraction of sp³-hybridized carbons (Fsp3) is 0.304. The molecule has 2 aromatic carbocycles. The Morgan fingerprint density at radius 1 is 1.17 bits per heavy atom. The number of hydrogen-bond acceptors (Lipinski definition) is 6. The summed E-state index contributed by atoms with van der Waals surface area (Å²) >= 11 is 0. The average Bonchev–Trinajstić information content (AvgIpc) is 3.15. The van der Waals surface area contributed by atoms with Crippen molar-refractivity contribution in [1.29, 1.82) is 0 Å². The van der Waals surface area contributed by atoms with Crippen LogP contribution in [0.5, 0.6) is 6.01 Å². The second kappa shape index (κ2) is 10.7. The molecule has 0 atom stereocenters. The van der Waals surface area contributed by atoms with Crippen molar-refractivity contribution >= 4 is 15.9 Å². The molecule has 1 aromatic heterocycles. The molecule has 194 valence electrons. The molecule has 0 unspecified atom stereocenters. The number of aromatic nitrogens is 2. The first-order valence-electron chi connectivity index (χ1n) is 10.9. The lowest BCUT2D eigenvalue weighted by molar-refractivity contribution is -0.0446. The monoisotopic (exact) mass is 528 g/mol. The minimum atomic E-state index is -5.91. The summed E-state index contributed by atoms with van der Waals surface area (Å²) in [7, 11) is -5.91. The molecule has 36 heavy (non-hydrogen) atoms. The van der Waals surface area contributed by atoms with Crippen LogP contribution in [0.25, 0.3) is 11.1 Å². The molecule has 8 nitrogen and oxygen atoms in total. The van der Waals surface area contributed by atoms with Gasteiger partial charge in [0.1, 0.15) is 5.82 Å². The van der Waals surface area contributed by atoms with Crippen LogP contribution in [0.2, 0.25) is 0 Å². The number of nitrogens with two attached hydrogens (primary N) is 1. The highest BCUT2D eigenvalue weighted by atomic mass is 32.2. The number of halogens is 4. The quantitative estimate of drug-likeness (QED) is 0.409. The number of nitrogens with zero attached hydrogens (tertiary/aromatic N) is 2. The molecule has 0 fully saturated rings. The van der Waals surface area contributed by atoms with Crippen molar-refractivity contribution in [2.24, 2.45) is 5.73 Å². The minimum Gasteiger partial charge on any atom is -0.465 e. The van der Waals surface area contributed by atoms with Crippen molar-refractivity contribution < 1.29 is 35.5 Å². The van der Waals surface area contributed by atoms with Gasteiger partial charge in [0.25, 0.3) is 11.9 Å². The summed E-state index contributed by atoms with van der Waals surface area (Å²) in [5, 5.41) is 0. The fourth-order valence-corrected chi connectivity index (χ4v) is 4.08. The van der Waals surface area contributed by atoms with E-state index in [-0.39, 0.29) is 35.3 Å². The summed E-state index contributed by atoms with van der Waals surface area (Å²) in [6.07, 6.45) is 0.601. The van der Waals surface area contributed by atoms with E-state index in [9.17, 15) is 26.4 Å². The van der Waals surface area contributed by atoms with Crippen LogP contribution >= 0.6 is 0 Å². The zero-order valence-electron chi connectivity index (χ0n) is 19.4. The normalized spacial score (nSPS) is 12.0. The molecule has 0 saturated heterocycles. The molecule has 1 heterocycles. The molecule has 3 N–H and O–H groups in total. The van der Waals surface area contributed by atoms with Crippen LogP contribution < -0.4 is 15.2 Å². The number of ether oxygens (including phenoxy) is 1. The van der Waals surface area contributed by atoms with E-state index in [1.54, 1.807) is 11.5 Å². The Bertz CT molecular complexity index is 1370. The Morgan fingerprint density at radius 2 is 1.86 bits per heavy atom. The molecular weight excluding hydrogens is 504 g/mol. The van der Waals surface area contributed by atoms with Crippen molar-refractivity contribution in [3.63, 3.8) is 0 Å². The highest BCUT2D eigenvalue weighted by Crippen LogP contribution is 2.29. The number of alkyl halides is 3. The Hall–Kier alpha value is -3.45. The van der Waals surface area contributed by atoms with Gasteiger partial charge in [0, 0.05) is 17.7 Å². The SMILES string of the molecule is CCOc1nc(CC)c(CN)n1Cc1ccc(-c2ccccc2C(=O)NS(=O)(=O)C(F)(F)F)cc1F. The number of rotatable bonds is 9. The van der Waals surface area contributed by atoms with Crippen LogP contribution in [0.4, 0.5) is 17.6 Å². The van der Waals surface area contributed by atoms with E-state index in [2.05, 4.69) is 4.98 Å². The van der Waals surface area contributed by atoms with Crippen LogP contribution in [-0.4, -0.2) is 36.0 Å². The maximum absolute atomic E-state index is 15.2. The van der Waals surface area contributed by atoms with Gasteiger partial charge in [-0.15, -0.1) is 0 Å². The van der Waals surface area contributed by atoms with Gasteiger partial charge in [-0.2, -0.15) is 26.6 Å². The van der Waals surface area contributed by atoms with Crippen LogP contribution in [0.1, 0.15) is 41.2 Å². The topological polar surface area (TPSA) is 116 Å². The number of amides is 1. The number of hydrogen-bond donors (Lipinski definition) is 2. The van der Waals surface area contributed by atoms with E-state index >= 15 is 4.39 Å². The molecule has 0 aliphatic rings. The van der Waals surface area contributed by atoms with Crippen LogP contribution in [0.15, 0.2) is 42.5 Å². The summed E-state index contributed by atoms with van der Waals surface area (Å²) in [4.78, 5) is 16.8. The number of aryl methyl sites for hydroxylation is 1. The molecule has 0 aliphatic heterocycles. The van der Waals surface area contributed by atoms with Gasteiger partial charge >= 0.3 is 15.5 Å². The minimum absolute atomic E-state index is 0.0476. The van der Waals surface area contributed by atoms with E-state index in [1.807, 2.05) is 6.92 Å². The van der Waals surface area contributed by atoms with Gasteiger partial charge in [0.15, 0.2) is 0 Å². The second-order valence-electron chi connectivity index (χ2n) is 7.60.